The van der Waals surface area contributed by atoms with Crippen LogP contribution in [0.15, 0.2) is 0 Å². The number of ether oxygens (including phenoxy) is 2. The van der Waals surface area contributed by atoms with Gasteiger partial charge in [0.15, 0.2) is 0 Å². The Kier molecular flexibility index (Phi) is 4.45. The SMILES string of the molecule is CCC1CCNC(C2CCOC3(CCOCC3)C2)C1. The molecule has 3 rings (SSSR count). The standard InChI is InChI=1S/C16H29NO2/c1-2-13-3-7-17-15(11-13)14-4-8-19-16(12-14)5-9-18-10-6-16/h13-15,17H,2-12H2,1H3. The summed E-state index contributed by atoms with van der Waals surface area (Å²) in [6.45, 7) is 6.30. The van der Waals surface area contributed by atoms with Crippen LogP contribution < -0.4 is 5.32 Å². The van der Waals surface area contributed by atoms with Crippen molar-refractivity contribution < 1.29 is 9.47 Å². The summed E-state index contributed by atoms with van der Waals surface area (Å²) in [5.41, 5.74) is 0.155. The first-order valence-electron chi connectivity index (χ1n) is 8.26. The third-order valence-electron chi connectivity index (χ3n) is 5.63. The van der Waals surface area contributed by atoms with Gasteiger partial charge in [-0.15, -0.1) is 0 Å². The lowest BCUT2D eigenvalue weighted by molar-refractivity contribution is -0.151. The van der Waals surface area contributed by atoms with Crippen LogP contribution in [0.3, 0.4) is 0 Å². The second kappa shape index (κ2) is 6.11. The van der Waals surface area contributed by atoms with Gasteiger partial charge < -0.3 is 14.8 Å². The lowest BCUT2D eigenvalue weighted by Crippen LogP contribution is -2.51. The van der Waals surface area contributed by atoms with Crippen molar-refractivity contribution in [3.05, 3.63) is 0 Å². The summed E-state index contributed by atoms with van der Waals surface area (Å²) in [6, 6.07) is 0.738. The zero-order chi connectivity index (χ0) is 13.1. The smallest absolute Gasteiger partial charge is 0.0729 e. The van der Waals surface area contributed by atoms with Crippen LogP contribution in [0.1, 0.15) is 51.9 Å². The Hall–Kier alpha value is -0.120. The van der Waals surface area contributed by atoms with Gasteiger partial charge in [0.2, 0.25) is 0 Å². The number of nitrogens with one attached hydrogen (secondary N) is 1. The van der Waals surface area contributed by atoms with E-state index in [4.69, 9.17) is 9.47 Å². The van der Waals surface area contributed by atoms with Crippen LogP contribution in [0.25, 0.3) is 0 Å². The molecular formula is C16H29NO2. The first kappa shape index (κ1) is 13.8. The van der Waals surface area contributed by atoms with Crippen molar-refractivity contribution in [3.63, 3.8) is 0 Å². The number of hydrogen-bond donors (Lipinski definition) is 1. The van der Waals surface area contributed by atoms with Gasteiger partial charge in [0, 0.05) is 25.9 Å². The van der Waals surface area contributed by atoms with Crippen LogP contribution in [0, 0.1) is 11.8 Å². The van der Waals surface area contributed by atoms with Crippen LogP contribution in [-0.2, 0) is 9.47 Å². The summed E-state index contributed by atoms with van der Waals surface area (Å²) >= 11 is 0. The Bertz CT molecular complexity index is 283. The first-order valence-corrected chi connectivity index (χ1v) is 8.26. The molecule has 3 saturated heterocycles. The third-order valence-corrected chi connectivity index (χ3v) is 5.63. The molecule has 3 nitrogen and oxygen atoms in total. The quantitative estimate of drug-likeness (QED) is 0.834. The Labute approximate surface area is 117 Å². The zero-order valence-electron chi connectivity index (χ0n) is 12.3. The molecule has 3 aliphatic rings. The summed E-state index contributed by atoms with van der Waals surface area (Å²) < 4.78 is 11.7. The molecule has 0 aromatic heterocycles. The lowest BCUT2D eigenvalue weighted by Gasteiger charge is -2.46. The minimum atomic E-state index is 0.155. The first-order chi connectivity index (χ1) is 9.31. The van der Waals surface area contributed by atoms with Gasteiger partial charge in [0.1, 0.15) is 0 Å². The Morgan fingerprint density at radius 2 is 2.00 bits per heavy atom. The molecule has 0 saturated carbocycles. The molecule has 3 unspecified atom stereocenters. The van der Waals surface area contributed by atoms with E-state index in [9.17, 15) is 0 Å². The summed E-state index contributed by atoms with van der Waals surface area (Å²) in [4.78, 5) is 0. The van der Waals surface area contributed by atoms with Crippen molar-refractivity contribution in [2.45, 2.75) is 63.5 Å². The van der Waals surface area contributed by atoms with Crippen molar-refractivity contribution in [1.82, 2.24) is 5.32 Å². The fourth-order valence-electron chi connectivity index (χ4n) is 4.26. The topological polar surface area (TPSA) is 30.5 Å². The van der Waals surface area contributed by atoms with E-state index >= 15 is 0 Å². The van der Waals surface area contributed by atoms with Crippen LogP contribution in [0.4, 0.5) is 0 Å². The molecule has 3 aliphatic heterocycles. The minimum absolute atomic E-state index is 0.155. The molecule has 0 amide bonds. The molecule has 3 heteroatoms. The van der Waals surface area contributed by atoms with E-state index in [1.165, 1.54) is 38.6 Å². The van der Waals surface area contributed by atoms with Crippen molar-refractivity contribution in [2.75, 3.05) is 26.4 Å². The maximum Gasteiger partial charge on any atom is 0.0729 e. The molecule has 0 aromatic rings. The normalized spacial score (nSPS) is 39.3. The van der Waals surface area contributed by atoms with Crippen LogP contribution in [-0.4, -0.2) is 38.0 Å². The third kappa shape index (κ3) is 3.14. The molecule has 1 spiro atoms. The summed E-state index contributed by atoms with van der Waals surface area (Å²) in [5, 5.41) is 3.79. The molecule has 0 radical (unpaired) electrons. The molecule has 0 aliphatic carbocycles. The number of hydrogen-bond acceptors (Lipinski definition) is 3. The second-order valence-corrected chi connectivity index (χ2v) is 6.76. The van der Waals surface area contributed by atoms with Gasteiger partial charge in [-0.1, -0.05) is 13.3 Å². The van der Waals surface area contributed by atoms with E-state index in [2.05, 4.69) is 12.2 Å². The molecule has 0 aromatic carbocycles. The van der Waals surface area contributed by atoms with Gasteiger partial charge >= 0.3 is 0 Å². The molecule has 0 bridgehead atoms. The van der Waals surface area contributed by atoms with Gasteiger partial charge in [-0.3, -0.25) is 0 Å². The molecule has 3 fully saturated rings. The molecular weight excluding hydrogens is 238 g/mol. The van der Waals surface area contributed by atoms with E-state index in [0.29, 0.717) is 0 Å². The highest BCUT2D eigenvalue weighted by atomic mass is 16.5. The number of rotatable bonds is 2. The van der Waals surface area contributed by atoms with Gasteiger partial charge in [-0.05, 0) is 56.9 Å². The summed E-state index contributed by atoms with van der Waals surface area (Å²) in [6.07, 6.45) is 8.81. The highest BCUT2D eigenvalue weighted by Crippen LogP contribution is 2.40. The van der Waals surface area contributed by atoms with Crippen molar-refractivity contribution in [2.24, 2.45) is 11.8 Å². The average molecular weight is 267 g/mol. The molecule has 110 valence electrons. The Morgan fingerprint density at radius 3 is 2.79 bits per heavy atom. The predicted octanol–water partition coefficient (Wildman–Crippen LogP) is 2.74. The minimum Gasteiger partial charge on any atom is -0.381 e. The molecule has 3 atom stereocenters. The fraction of sp³-hybridized carbons (Fsp3) is 1.00. The lowest BCUT2D eigenvalue weighted by atomic mass is 9.74. The van der Waals surface area contributed by atoms with E-state index in [1.807, 2.05) is 0 Å². The van der Waals surface area contributed by atoms with E-state index in [-0.39, 0.29) is 5.60 Å². The second-order valence-electron chi connectivity index (χ2n) is 6.76. The van der Waals surface area contributed by atoms with Gasteiger partial charge in [0.25, 0.3) is 0 Å². The molecule has 3 heterocycles. The van der Waals surface area contributed by atoms with E-state index < -0.39 is 0 Å². The Morgan fingerprint density at radius 1 is 1.16 bits per heavy atom. The van der Waals surface area contributed by atoms with Crippen LogP contribution >= 0.6 is 0 Å². The van der Waals surface area contributed by atoms with Crippen molar-refractivity contribution in [3.8, 4) is 0 Å². The maximum atomic E-state index is 6.17. The summed E-state index contributed by atoms with van der Waals surface area (Å²) in [5.74, 6) is 1.76. The highest BCUT2D eigenvalue weighted by molar-refractivity contribution is 4.94. The van der Waals surface area contributed by atoms with E-state index in [0.717, 1.165) is 50.5 Å². The zero-order valence-corrected chi connectivity index (χ0v) is 12.3. The van der Waals surface area contributed by atoms with Gasteiger partial charge in [-0.2, -0.15) is 0 Å². The predicted molar refractivity (Wildman–Crippen MR) is 76.3 cm³/mol. The number of piperidine rings is 1. The molecule has 1 N–H and O–H groups in total. The van der Waals surface area contributed by atoms with Crippen molar-refractivity contribution in [1.29, 1.82) is 0 Å². The Balaban J connectivity index is 1.61. The maximum absolute atomic E-state index is 6.17. The average Bonchev–Trinajstić information content (AvgIpc) is 2.48. The molecule has 19 heavy (non-hydrogen) atoms. The monoisotopic (exact) mass is 267 g/mol. The van der Waals surface area contributed by atoms with Crippen LogP contribution in [0.2, 0.25) is 0 Å². The highest BCUT2D eigenvalue weighted by Gasteiger charge is 2.41. The fourth-order valence-corrected chi connectivity index (χ4v) is 4.26. The van der Waals surface area contributed by atoms with E-state index in [1.54, 1.807) is 0 Å². The van der Waals surface area contributed by atoms with Gasteiger partial charge in [0.05, 0.1) is 5.60 Å². The van der Waals surface area contributed by atoms with Crippen molar-refractivity contribution >= 4 is 0 Å². The van der Waals surface area contributed by atoms with Gasteiger partial charge in [-0.25, -0.2) is 0 Å². The van der Waals surface area contributed by atoms with Crippen LogP contribution in [0.5, 0.6) is 0 Å². The largest absolute Gasteiger partial charge is 0.381 e. The summed E-state index contributed by atoms with van der Waals surface area (Å²) in [7, 11) is 0.